The second-order valence-corrected chi connectivity index (χ2v) is 8.90. The van der Waals surface area contributed by atoms with E-state index in [-0.39, 0.29) is 0 Å². The summed E-state index contributed by atoms with van der Waals surface area (Å²) in [6.07, 6.45) is 9.76. The number of hydrogen-bond acceptors (Lipinski definition) is 2. The van der Waals surface area contributed by atoms with E-state index in [0.29, 0.717) is 5.92 Å². The van der Waals surface area contributed by atoms with Crippen LogP contribution in [-0.4, -0.2) is 0 Å². The van der Waals surface area contributed by atoms with Crippen LogP contribution >= 0.6 is 12.6 Å². The quantitative estimate of drug-likeness (QED) is 0.406. The fraction of sp³-hybridized carbons (Fsp3) is 0.133. The van der Waals surface area contributed by atoms with Crippen molar-refractivity contribution in [2.45, 2.75) is 25.2 Å². The lowest BCUT2D eigenvalue weighted by atomic mass is 9.83. The molecular formula is C30H27NS. The van der Waals surface area contributed by atoms with Gasteiger partial charge in [-0.15, -0.1) is 12.6 Å². The molecule has 32 heavy (non-hydrogen) atoms. The van der Waals surface area contributed by atoms with Gasteiger partial charge in [-0.2, -0.15) is 0 Å². The zero-order chi connectivity index (χ0) is 21.9. The van der Waals surface area contributed by atoms with Crippen molar-refractivity contribution in [3.63, 3.8) is 0 Å². The third-order valence-corrected chi connectivity index (χ3v) is 6.91. The van der Waals surface area contributed by atoms with Crippen molar-refractivity contribution in [3.8, 4) is 11.1 Å². The monoisotopic (exact) mass is 433 g/mol. The Morgan fingerprint density at radius 2 is 1.34 bits per heavy atom. The molecule has 3 aromatic rings. The van der Waals surface area contributed by atoms with Gasteiger partial charge < -0.3 is 5.73 Å². The van der Waals surface area contributed by atoms with Crippen molar-refractivity contribution >= 4 is 18.2 Å². The van der Waals surface area contributed by atoms with Crippen LogP contribution in [0.25, 0.3) is 16.7 Å². The minimum Gasteiger partial charge on any atom is -0.401 e. The summed E-state index contributed by atoms with van der Waals surface area (Å²) in [5, 5.41) is 0. The molecule has 1 atom stereocenters. The molecule has 0 amide bonds. The highest BCUT2D eigenvalue weighted by atomic mass is 32.1. The lowest BCUT2D eigenvalue weighted by Crippen LogP contribution is -2.11. The first kappa shape index (κ1) is 20.7. The molecule has 0 saturated carbocycles. The Morgan fingerprint density at radius 1 is 0.719 bits per heavy atom. The van der Waals surface area contributed by atoms with Crippen LogP contribution in [0.4, 0.5) is 0 Å². The molecule has 0 spiro atoms. The minimum absolute atomic E-state index is 0.404. The first-order valence-corrected chi connectivity index (χ1v) is 11.7. The van der Waals surface area contributed by atoms with E-state index in [4.69, 9.17) is 18.4 Å². The Balaban J connectivity index is 1.48. The molecule has 0 radical (unpaired) electrons. The fourth-order valence-corrected chi connectivity index (χ4v) is 5.20. The molecule has 0 fully saturated rings. The van der Waals surface area contributed by atoms with Gasteiger partial charge in [0.15, 0.2) is 0 Å². The Kier molecular flexibility index (Phi) is 5.87. The first-order chi connectivity index (χ1) is 15.7. The standard InChI is InChI=1S/C30H27NS/c31-28-19-18-27(26-13-7-12-25(20-26)22-10-5-2-6-11-22)30(32)29(28)24-16-14-23(15-17-24)21-8-3-1-4-9-21/h1-11,13-17,20,25,32H,12,18-19,31H2/t25-/m1/s1. The van der Waals surface area contributed by atoms with Crippen LogP contribution in [0.2, 0.25) is 0 Å². The van der Waals surface area contributed by atoms with Crippen LogP contribution in [0.15, 0.2) is 125 Å². The second kappa shape index (κ2) is 9.10. The number of thiol groups is 1. The van der Waals surface area contributed by atoms with Crippen molar-refractivity contribution in [1.82, 2.24) is 0 Å². The van der Waals surface area contributed by atoms with E-state index in [1.54, 1.807) is 0 Å². The predicted molar refractivity (Wildman–Crippen MR) is 139 cm³/mol. The van der Waals surface area contributed by atoms with Gasteiger partial charge >= 0.3 is 0 Å². The van der Waals surface area contributed by atoms with E-state index in [2.05, 4.69) is 97.1 Å². The average molecular weight is 434 g/mol. The number of hydrogen-bond donors (Lipinski definition) is 2. The summed E-state index contributed by atoms with van der Waals surface area (Å²) in [7, 11) is 0. The van der Waals surface area contributed by atoms with Gasteiger partial charge in [0.1, 0.15) is 0 Å². The molecule has 0 unspecified atom stereocenters. The number of rotatable bonds is 4. The van der Waals surface area contributed by atoms with Gasteiger partial charge in [0.05, 0.1) is 0 Å². The van der Waals surface area contributed by atoms with Gasteiger partial charge in [0.25, 0.3) is 0 Å². The zero-order valence-electron chi connectivity index (χ0n) is 18.0. The molecule has 0 aliphatic heterocycles. The molecular weight excluding hydrogens is 406 g/mol. The van der Waals surface area contributed by atoms with Gasteiger partial charge in [0, 0.05) is 22.1 Å². The molecule has 5 rings (SSSR count). The van der Waals surface area contributed by atoms with Gasteiger partial charge in [-0.25, -0.2) is 0 Å². The molecule has 2 heteroatoms. The average Bonchev–Trinajstić information content (AvgIpc) is 2.86. The smallest absolute Gasteiger partial charge is 0.0175 e. The van der Waals surface area contributed by atoms with E-state index in [9.17, 15) is 0 Å². The molecule has 2 aliphatic carbocycles. The molecule has 158 valence electrons. The molecule has 2 N–H and O–H groups in total. The number of allylic oxidation sites excluding steroid dienone is 7. The summed E-state index contributed by atoms with van der Waals surface area (Å²) < 4.78 is 0. The maximum atomic E-state index is 6.52. The highest BCUT2D eigenvalue weighted by molar-refractivity contribution is 7.85. The Hall–Kier alpha value is -3.23. The Labute approximate surface area is 196 Å². The van der Waals surface area contributed by atoms with Crippen molar-refractivity contribution in [3.05, 3.63) is 136 Å². The maximum absolute atomic E-state index is 6.52. The van der Waals surface area contributed by atoms with Gasteiger partial charge in [0.2, 0.25) is 0 Å². The third-order valence-electron chi connectivity index (χ3n) is 6.41. The molecule has 3 aromatic carbocycles. The van der Waals surface area contributed by atoms with Gasteiger partial charge in [-0.1, -0.05) is 103 Å². The first-order valence-electron chi connectivity index (χ1n) is 11.2. The summed E-state index contributed by atoms with van der Waals surface area (Å²) >= 11 is 5.01. The van der Waals surface area contributed by atoms with Gasteiger partial charge in [-0.3, -0.25) is 0 Å². The maximum Gasteiger partial charge on any atom is 0.0175 e. The SMILES string of the molecule is NC1=C(c2ccc(-c3ccccc3)cc2)C(S)=C(C2=C[C@H](c3ccccc3)CC=C2)CC1. The summed E-state index contributed by atoms with van der Waals surface area (Å²) in [6, 6.07) is 29.9. The lowest BCUT2D eigenvalue weighted by molar-refractivity contribution is 0.833. The second-order valence-electron chi connectivity index (χ2n) is 8.45. The predicted octanol–water partition coefficient (Wildman–Crippen LogP) is 7.67. The number of benzene rings is 3. The molecule has 0 heterocycles. The van der Waals surface area contributed by atoms with E-state index in [0.717, 1.165) is 41.0 Å². The molecule has 0 saturated heterocycles. The van der Waals surface area contributed by atoms with Crippen LogP contribution in [-0.2, 0) is 0 Å². The van der Waals surface area contributed by atoms with Crippen LogP contribution in [0.1, 0.15) is 36.3 Å². The van der Waals surface area contributed by atoms with Crippen LogP contribution in [0.5, 0.6) is 0 Å². The molecule has 0 bridgehead atoms. The topological polar surface area (TPSA) is 26.0 Å². The summed E-state index contributed by atoms with van der Waals surface area (Å²) in [6.45, 7) is 0. The van der Waals surface area contributed by atoms with E-state index < -0.39 is 0 Å². The van der Waals surface area contributed by atoms with Gasteiger partial charge in [-0.05, 0) is 52.7 Å². The summed E-state index contributed by atoms with van der Waals surface area (Å²) in [4.78, 5) is 1.01. The molecule has 2 aliphatic rings. The normalized spacial score (nSPS) is 18.7. The number of nitrogens with two attached hydrogens (primary N) is 1. The van der Waals surface area contributed by atoms with Crippen molar-refractivity contribution in [2.24, 2.45) is 5.73 Å². The van der Waals surface area contributed by atoms with Crippen molar-refractivity contribution in [1.29, 1.82) is 0 Å². The molecule has 0 aromatic heterocycles. The minimum atomic E-state index is 0.404. The van der Waals surface area contributed by atoms with E-state index in [1.165, 1.54) is 27.8 Å². The van der Waals surface area contributed by atoms with E-state index in [1.807, 2.05) is 6.07 Å². The highest BCUT2D eigenvalue weighted by Crippen LogP contribution is 2.42. The fourth-order valence-electron chi connectivity index (χ4n) is 4.68. The van der Waals surface area contributed by atoms with Crippen LogP contribution in [0, 0.1) is 0 Å². The largest absolute Gasteiger partial charge is 0.401 e. The zero-order valence-corrected chi connectivity index (χ0v) is 18.9. The Morgan fingerprint density at radius 3 is 2.06 bits per heavy atom. The Bertz CT molecular complexity index is 1230. The van der Waals surface area contributed by atoms with Crippen LogP contribution in [0.3, 0.4) is 0 Å². The molecule has 1 nitrogen and oxygen atoms in total. The third kappa shape index (κ3) is 4.11. The summed E-state index contributed by atoms with van der Waals surface area (Å²) in [5.41, 5.74) is 16.0. The highest BCUT2D eigenvalue weighted by Gasteiger charge is 2.23. The summed E-state index contributed by atoms with van der Waals surface area (Å²) in [5.74, 6) is 0.404. The van der Waals surface area contributed by atoms with E-state index >= 15 is 0 Å². The van der Waals surface area contributed by atoms with Crippen molar-refractivity contribution < 1.29 is 0 Å². The van der Waals surface area contributed by atoms with Crippen molar-refractivity contribution in [2.75, 3.05) is 0 Å². The lowest BCUT2D eigenvalue weighted by Gasteiger charge is -2.26. The van der Waals surface area contributed by atoms with Crippen LogP contribution < -0.4 is 5.73 Å².